The second-order valence-electron chi connectivity index (χ2n) is 5.16. The molecule has 1 aliphatic heterocycles. The Balaban J connectivity index is 1.85. The Hall–Kier alpha value is -1.10. The SMILES string of the molecule is C[C@@H]1CN(c2nc(-c3ccccc3Cl)cs2)C[C@H](C)O1. The van der Waals surface area contributed by atoms with E-state index in [1.807, 2.05) is 24.3 Å². The van der Waals surface area contributed by atoms with Gasteiger partial charge in [-0.15, -0.1) is 11.3 Å². The van der Waals surface area contributed by atoms with Crippen LogP contribution in [0.5, 0.6) is 0 Å². The number of ether oxygens (including phenoxy) is 1. The third-order valence-electron chi connectivity index (χ3n) is 3.33. The molecule has 2 aromatic rings. The van der Waals surface area contributed by atoms with Crippen molar-refractivity contribution < 1.29 is 4.74 Å². The Kier molecular flexibility index (Phi) is 3.96. The van der Waals surface area contributed by atoms with Crippen molar-refractivity contribution in [1.82, 2.24) is 4.98 Å². The van der Waals surface area contributed by atoms with Gasteiger partial charge in [0.15, 0.2) is 5.13 Å². The number of halogens is 1. The molecular formula is C15H17ClN2OS. The summed E-state index contributed by atoms with van der Waals surface area (Å²) in [5.74, 6) is 0. The van der Waals surface area contributed by atoms with Crippen molar-refractivity contribution in [2.45, 2.75) is 26.1 Å². The van der Waals surface area contributed by atoms with Crippen LogP contribution in [0.4, 0.5) is 5.13 Å². The molecule has 106 valence electrons. The van der Waals surface area contributed by atoms with Crippen molar-refractivity contribution in [3.05, 3.63) is 34.7 Å². The fraction of sp³-hybridized carbons (Fsp3) is 0.400. The van der Waals surface area contributed by atoms with Crippen LogP contribution in [0.2, 0.25) is 5.02 Å². The third kappa shape index (κ3) is 2.82. The van der Waals surface area contributed by atoms with Crippen LogP contribution >= 0.6 is 22.9 Å². The van der Waals surface area contributed by atoms with Gasteiger partial charge in [-0.2, -0.15) is 0 Å². The number of hydrogen-bond acceptors (Lipinski definition) is 4. The van der Waals surface area contributed by atoms with Gasteiger partial charge in [0.25, 0.3) is 0 Å². The molecule has 1 aromatic carbocycles. The number of hydrogen-bond donors (Lipinski definition) is 0. The summed E-state index contributed by atoms with van der Waals surface area (Å²) in [6, 6.07) is 7.82. The summed E-state index contributed by atoms with van der Waals surface area (Å²) in [6.45, 7) is 5.98. The van der Waals surface area contributed by atoms with E-state index in [1.54, 1.807) is 11.3 Å². The number of thiazole rings is 1. The zero-order valence-electron chi connectivity index (χ0n) is 11.5. The zero-order chi connectivity index (χ0) is 14.1. The van der Waals surface area contributed by atoms with Crippen molar-refractivity contribution >= 4 is 28.1 Å². The lowest BCUT2D eigenvalue weighted by Gasteiger charge is -2.35. The van der Waals surface area contributed by atoms with Crippen LogP contribution in [0.3, 0.4) is 0 Å². The first kappa shape index (κ1) is 13.9. The molecule has 0 N–H and O–H groups in total. The molecule has 0 unspecified atom stereocenters. The first-order chi connectivity index (χ1) is 9.63. The van der Waals surface area contributed by atoms with Crippen LogP contribution < -0.4 is 4.90 Å². The molecule has 1 saturated heterocycles. The molecule has 2 atom stereocenters. The van der Waals surface area contributed by atoms with E-state index < -0.39 is 0 Å². The molecule has 1 aliphatic rings. The van der Waals surface area contributed by atoms with E-state index in [1.165, 1.54) is 0 Å². The van der Waals surface area contributed by atoms with Gasteiger partial charge in [0.1, 0.15) is 0 Å². The summed E-state index contributed by atoms with van der Waals surface area (Å²) in [7, 11) is 0. The number of benzene rings is 1. The minimum Gasteiger partial charge on any atom is -0.372 e. The number of nitrogens with zero attached hydrogens (tertiary/aromatic N) is 2. The molecule has 0 spiro atoms. The van der Waals surface area contributed by atoms with Crippen molar-refractivity contribution in [2.75, 3.05) is 18.0 Å². The summed E-state index contributed by atoms with van der Waals surface area (Å²) in [5.41, 5.74) is 1.94. The molecule has 2 heterocycles. The molecule has 0 aliphatic carbocycles. The normalized spacial score (nSPS) is 23.1. The summed E-state index contributed by atoms with van der Waals surface area (Å²) >= 11 is 7.90. The average Bonchev–Trinajstić information content (AvgIpc) is 2.87. The molecule has 0 amide bonds. The van der Waals surface area contributed by atoms with Crippen molar-refractivity contribution in [1.29, 1.82) is 0 Å². The Morgan fingerprint density at radius 1 is 1.25 bits per heavy atom. The second-order valence-corrected chi connectivity index (χ2v) is 6.40. The first-order valence-electron chi connectivity index (χ1n) is 6.74. The lowest BCUT2D eigenvalue weighted by Crippen LogP contribution is -2.45. The molecule has 5 heteroatoms. The van der Waals surface area contributed by atoms with E-state index >= 15 is 0 Å². The lowest BCUT2D eigenvalue weighted by atomic mass is 10.2. The monoisotopic (exact) mass is 308 g/mol. The van der Waals surface area contributed by atoms with Gasteiger partial charge in [-0.3, -0.25) is 0 Å². The predicted molar refractivity (Wildman–Crippen MR) is 84.8 cm³/mol. The quantitative estimate of drug-likeness (QED) is 0.836. The van der Waals surface area contributed by atoms with Crippen LogP contribution in [-0.4, -0.2) is 30.3 Å². The fourth-order valence-corrected chi connectivity index (χ4v) is 3.61. The molecule has 0 saturated carbocycles. The maximum Gasteiger partial charge on any atom is 0.186 e. The highest BCUT2D eigenvalue weighted by atomic mass is 35.5. The van der Waals surface area contributed by atoms with Crippen molar-refractivity contribution in [2.24, 2.45) is 0 Å². The van der Waals surface area contributed by atoms with E-state index in [-0.39, 0.29) is 12.2 Å². The van der Waals surface area contributed by atoms with E-state index in [0.29, 0.717) is 0 Å². The molecule has 3 rings (SSSR count). The second kappa shape index (κ2) is 5.72. The smallest absolute Gasteiger partial charge is 0.186 e. The standard InChI is InChI=1S/C15H17ClN2OS/c1-10-7-18(8-11(2)19-10)15-17-14(9-20-15)12-5-3-4-6-13(12)16/h3-6,9-11H,7-8H2,1-2H3/t10-,11+. The summed E-state index contributed by atoms with van der Waals surface area (Å²) < 4.78 is 5.76. The van der Waals surface area contributed by atoms with Crippen LogP contribution in [0.25, 0.3) is 11.3 Å². The molecule has 1 aromatic heterocycles. The highest BCUT2D eigenvalue weighted by Gasteiger charge is 2.24. The Bertz CT molecular complexity index is 591. The minimum atomic E-state index is 0.242. The topological polar surface area (TPSA) is 25.4 Å². The molecule has 3 nitrogen and oxygen atoms in total. The molecule has 20 heavy (non-hydrogen) atoms. The highest BCUT2D eigenvalue weighted by molar-refractivity contribution is 7.14. The Morgan fingerprint density at radius 2 is 1.95 bits per heavy atom. The van der Waals surface area contributed by atoms with Crippen LogP contribution in [0.15, 0.2) is 29.6 Å². The summed E-state index contributed by atoms with van der Waals surface area (Å²) in [5, 5.41) is 3.86. The van der Waals surface area contributed by atoms with Crippen LogP contribution in [0.1, 0.15) is 13.8 Å². The number of anilines is 1. The zero-order valence-corrected chi connectivity index (χ0v) is 13.1. The van der Waals surface area contributed by atoms with Gasteiger partial charge < -0.3 is 9.64 Å². The summed E-state index contributed by atoms with van der Waals surface area (Å²) in [6.07, 6.45) is 0.484. The van der Waals surface area contributed by atoms with E-state index in [9.17, 15) is 0 Å². The Labute approximate surface area is 128 Å². The van der Waals surface area contributed by atoms with E-state index in [0.717, 1.165) is 34.5 Å². The van der Waals surface area contributed by atoms with Gasteiger partial charge in [0.2, 0.25) is 0 Å². The van der Waals surface area contributed by atoms with Gasteiger partial charge in [0.05, 0.1) is 17.9 Å². The van der Waals surface area contributed by atoms with Gasteiger partial charge in [-0.1, -0.05) is 29.8 Å². The molecule has 0 bridgehead atoms. The van der Waals surface area contributed by atoms with Crippen LogP contribution in [0, 0.1) is 0 Å². The maximum absolute atomic E-state index is 6.23. The number of aromatic nitrogens is 1. The molecular weight excluding hydrogens is 292 g/mol. The lowest BCUT2D eigenvalue weighted by molar-refractivity contribution is -0.00522. The molecule has 1 fully saturated rings. The fourth-order valence-electron chi connectivity index (χ4n) is 2.54. The maximum atomic E-state index is 6.23. The average molecular weight is 309 g/mol. The van der Waals surface area contributed by atoms with E-state index in [4.69, 9.17) is 21.3 Å². The van der Waals surface area contributed by atoms with Crippen LogP contribution in [-0.2, 0) is 4.74 Å². The largest absolute Gasteiger partial charge is 0.372 e. The summed E-state index contributed by atoms with van der Waals surface area (Å²) in [4.78, 5) is 7.03. The third-order valence-corrected chi connectivity index (χ3v) is 4.56. The van der Waals surface area contributed by atoms with Gasteiger partial charge >= 0.3 is 0 Å². The highest BCUT2D eigenvalue weighted by Crippen LogP contribution is 2.32. The minimum absolute atomic E-state index is 0.242. The Morgan fingerprint density at radius 3 is 2.65 bits per heavy atom. The first-order valence-corrected chi connectivity index (χ1v) is 8.00. The van der Waals surface area contributed by atoms with Crippen molar-refractivity contribution in [3.63, 3.8) is 0 Å². The predicted octanol–water partition coefficient (Wildman–Crippen LogP) is 4.08. The van der Waals surface area contributed by atoms with Crippen molar-refractivity contribution in [3.8, 4) is 11.3 Å². The van der Waals surface area contributed by atoms with Gasteiger partial charge in [0, 0.05) is 29.1 Å². The molecule has 0 radical (unpaired) electrons. The van der Waals surface area contributed by atoms with Gasteiger partial charge in [-0.25, -0.2) is 4.98 Å². The van der Waals surface area contributed by atoms with E-state index in [2.05, 4.69) is 24.1 Å². The number of morpholine rings is 1. The van der Waals surface area contributed by atoms with Gasteiger partial charge in [-0.05, 0) is 19.9 Å². The number of rotatable bonds is 2.